The molecule has 0 aliphatic rings. The van der Waals surface area contributed by atoms with Gasteiger partial charge in [-0.25, -0.2) is 9.59 Å². The number of ketones is 1. The topological polar surface area (TPSA) is 114 Å². The van der Waals surface area contributed by atoms with Crippen molar-refractivity contribution in [2.75, 3.05) is 22.6 Å². The van der Waals surface area contributed by atoms with Crippen LogP contribution in [0.3, 0.4) is 0 Å². The lowest BCUT2D eigenvalue weighted by atomic mass is 10.1. The first-order valence-corrected chi connectivity index (χ1v) is 9.72. The Morgan fingerprint density at radius 1 is 0.656 bits per heavy atom. The summed E-state index contributed by atoms with van der Waals surface area (Å²) in [5.74, 6) is -1.24. The molecule has 0 aliphatic heterocycles. The van der Waals surface area contributed by atoms with E-state index in [0.29, 0.717) is 22.6 Å². The van der Waals surface area contributed by atoms with Gasteiger partial charge in [-0.05, 0) is 60.7 Å². The summed E-state index contributed by atoms with van der Waals surface area (Å²) in [6.45, 7) is 0.971. The Balaban J connectivity index is 1.49. The normalized spacial score (nSPS) is 10.0. The van der Waals surface area contributed by atoms with Gasteiger partial charge in [-0.3, -0.25) is 9.59 Å². The van der Waals surface area contributed by atoms with Crippen molar-refractivity contribution in [3.63, 3.8) is 0 Å². The fourth-order valence-corrected chi connectivity index (χ4v) is 2.75. The number of amides is 3. The van der Waals surface area contributed by atoms with Gasteiger partial charge in [-0.1, -0.05) is 18.2 Å². The van der Waals surface area contributed by atoms with E-state index in [1.54, 1.807) is 48.5 Å². The number of urea groups is 1. The van der Waals surface area contributed by atoms with Crippen molar-refractivity contribution < 1.29 is 23.9 Å². The van der Waals surface area contributed by atoms with Crippen LogP contribution in [0.2, 0.25) is 0 Å². The van der Waals surface area contributed by atoms with Crippen LogP contribution in [0.1, 0.15) is 27.6 Å². The summed E-state index contributed by atoms with van der Waals surface area (Å²) in [5, 5.41) is 7.96. The zero-order valence-corrected chi connectivity index (χ0v) is 17.3. The highest BCUT2D eigenvalue weighted by atomic mass is 16.5. The predicted octanol–water partition coefficient (Wildman–Crippen LogP) is 4.33. The molecule has 0 atom stereocenters. The zero-order chi connectivity index (χ0) is 22.9. The molecule has 0 bridgehead atoms. The molecule has 3 aromatic rings. The van der Waals surface area contributed by atoms with E-state index in [1.807, 2.05) is 18.2 Å². The van der Waals surface area contributed by atoms with E-state index >= 15 is 0 Å². The summed E-state index contributed by atoms with van der Waals surface area (Å²) in [7, 11) is 0. The maximum atomic E-state index is 12.2. The van der Waals surface area contributed by atoms with Crippen LogP contribution in [0, 0.1) is 0 Å². The van der Waals surface area contributed by atoms with Gasteiger partial charge in [0, 0.05) is 29.5 Å². The van der Waals surface area contributed by atoms with Crippen molar-refractivity contribution in [1.29, 1.82) is 0 Å². The molecule has 3 rings (SSSR count). The van der Waals surface area contributed by atoms with Crippen LogP contribution in [0.25, 0.3) is 0 Å². The first kappa shape index (κ1) is 22.2. The van der Waals surface area contributed by atoms with E-state index in [9.17, 15) is 19.2 Å². The van der Waals surface area contributed by atoms with Crippen LogP contribution < -0.4 is 16.0 Å². The number of para-hydroxylation sites is 1. The Morgan fingerprint density at radius 3 is 1.72 bits per heavy atom. The van der Waals surface area contributed by atoms with Crippen LogP contribution in [0.4, 0.5) is 21.9 Å². The molecule has 0 aromatic heterocycles. The van der Waals surface area contributed by atoms with E-state index in [4.69, 9.17) is 4.74 Å². The fraction of sp³-hybridized carbons (Fsp3) is 0.0833. The number of nitrogens with one attached hydrogen (secondary N) is 3. The third-order valence-corrected chi connectivity index (χ3v) is 4.27. The number of carbonyl (C=O) groups excluding carboxylic acids is 4. The number of benzene rings is 3. The molecule has 0 unspecified atom stereocenters. The molecule has 0 fully saturated rings. The standard InChI is InChI=1S/C24H21N3O5/c1-16(28)25-20-11-7-17(8-12-20)22(29)15-32-23(30)18-9-13-21(14-10-18)27-24(31)26-19-5-3-2-4-6-19/h2-14H,15H2,1H3,(H,25,28)(H2,26,27,31). The van der Waals surface area contributed by atoms with Crippen molar-refractivity contribution in [2.45, 2.75) is 6.92 Å². The van der Waals surface area contributed by atoms with E-state index in [2.05, 4.69) is 16.0 Å². The maximum Gasteiger partial charge on any atom is 0.338 e. The number of carbonyl (C=O) groups is 4. The molecule has 0 aliphatic carbocycles. The molecular weight excluding hydrogens is 410 g/mol. The van der Waals surface area contributed by atoms with Crippen molar-refractivity contribution in [3.8, 4) is 0 Å². The van der Waals surface area contributed by atoms with Crippen LogP contribution in [-0.2, 0) is 9.53 Å². The largest absolute Gasteiger partial charge is 0.454 e. The average Bonchev–Trinajstić information content (AvgIpc) is 2.78. The molecule has 162 valence electrons. The van der Waals surface area contributed by atoms with Gasteiger partial charge in [0.05, 0.1) is 5.56 Å². The second-order valence-electron chi connectivity index (χ2n) is 6.78. The Labute approximate surface area is 184 Å². The molecule has 8 heteroatoms. The van der Waals surface area contributed by atoms with E-state index in [-0.39, 0.29) is 17.3 Å². The van der Waals surface area contributed by atoms with Crippen LogP contribution in [0.5, 0.6) is 0 Å². The lowest BCUT2D eigenvalue weighted by Gasteiger charge is -2.09. The zero-order valence-electron chi connectivity index (χ0n) is 17.3. The van der Waals surface area contributed by atoms with Gasteiger partial charge in [-0.15, -0.1) is 0 Å². The number of Topliss-reactive ketones (excluding diaryl/α,β-unsaturated/α-hetero) is 1. The van der Waals surface area contributed by atoms with E-state index < -0.39 is 18.6 Å². The highest BCUT2D eigenvalue weighted by molar-refractivity contribution is 6.01. The fourth-order valence-electron chi connectivity index (χ4n) is 2.75. The second-order valence-corrected chi connectivity index (χ2v) is 6.78. The average molecular weight is 431 g/mol. The maximum absolute atomic E-state index is 12.2. The number of anilines is 3. The lowest BCUT2D eigenvalue weighted by molar-refractivity contribution is -0.114. The minimum Gasteiger partial charge on any atom is -0.454 e. The number of ether oxygens (including phenoxy) is 1. The molecule has 0 spiro atoms. The van der Waals surface area contributed by atoms with Crippen molar-refractivity contribution in [2.24, 2.45) is 0 Å². The van der Waals surface area contributed by atoms with Gasteiger partial charge in [0.2, 0.25) is 5.91 Å². The molecule has 3 aromatic carbocycles. The summed E-state index contributed by atoms with van der Waals surface area (Å²) in [6.07, 6.45) is 0. The monoisotopic (exact) mass is 431 g/mol. The second kappa shape index (κ2) is 10.5. The Morgan fingerprint density at radius 2 is 1.16 bits per heavy atom. The first-order valence-electron chi connectivity index (χ1n) is 9.72. The highest BCUT2D eigenvalue weighted by Crippen LogP contribution is 2.13. The van der Waals surface area contributed by atoms with Gasteiger partial charge in [-0.2, -0.15) is 0 Å². The summed E-state index contributed by atoms with van der Waals surface area (Å²) in [6, 6.07) is 20.9. The molecule has 32 heavy (non-hydrogen) atoms. The third kappa shape index (κ3) is 6.53. The molecule has 0 saturated carbocycles. The highest BCUT2D eigenvalue weighted by Gasteiger charge is 2.12. The molecule has 0 radical (unpaired) electrons. The number of rotatable bonds is 7. The summed E-state index contributed by atoms with van der Waals surface area (Å²) in [5.41, 5.74) is 2.31. The van der Waals surface area contributed by atoms with Crippen LogP contribution >= 0.6 is 0 Å². The quantitative estimate of drug-likeness (QED) is 0.381. The van der Waals surface area contributed by atoms with Gasteiger partial charge in [0.1, 0.15) is 0 Å². The van der Waals surface area contributed by atoms with E-state index in [0.717, 1.165) is 0 Å². The summed E-state index contributed by atoms with van der Waals surface area (Å²) in [4.78, 5) is 47.5. The Hall–Kier alpha value is -4.46. The summed E-state index contributed by atoms with van der Waals surface area (Å²) < 4.78 is 5.08. The number of hydrogen-bond acceptors (Lipinski definition) is 5. The minimum absolute atomic E-state index is 0.212. The summed E-state index contributed by atoms with van der Waals surface area (Å²) >= 11 is 0. The van der Waals surface area contributed by atoms with E-state index in [1.165, 1.54) is 19.1 Å². The first-order chi connectivity index (χ1) is 15.4. The van der Waals surface area contributed by atoms with Crippen LogP contribution in [-0.4, -0.2) is 30.3 Å². The predicted molar refractivity (Wildman–Crippen MR) is 121 cm³/mol. The smallest absolute Gasteiger partial charge is 0.338 e. The number of esters is 1. The van der Waals surface area contributed by atoms with Gasteiger partial charge >= 0.3 is 12.0 Å². The van der Waals surface area contributed by atoms with Gasteiger partial charge in [0.15, 0.2) is 12.4 Å². The molecular formula is C24H21N3O5. The van der Waals surface area contributed by atoms with Crippen molar-refractivity contribution in [3.05, 3.63) is 90.0 Å². The molecule has 0 saturated heterocycles. The molecule has 8 nitrogen and oxygen atoms in total. The Kier molecular flexibility index (Phi) is 7.32. The third-order valence-electron chi connectivity index (χ3n) is 4.27. The van der Waals surface area contributed by atoms with Crippen molar-refractivity contribution in [1.82, 2.24) is 0 Å². The minimum atomic E-state index is -0.659. The molecule has 3 N–H and O–H groups in total. The van der Waals surface area contributed by atoms with Gasteiger partial charge in [0.25, 0.3) is 0 Å². The van der Waals surface area contributed by atoms with Crippen molar-refractivity contribution >= 4 is 40.8 Å². The molecule has 0 heterocycles. The lowest BCUT2D eigenvalue weighted by Crippen LogP contribution is -2.19. The van der Waals surface area contributed by atoms with Gasteiger partial charge < -0.3 is 20.7 Å². The molecule has 3 amide bonds. The Bertz CT molecular complexity index is 1110. The number of hydrogen-bond donors (Lipinski definition) is 3. The van der Waals surface area contributed by atoms with Crippen LogP contribution in [0.15, 0.2) is 78.9 Å². The SMILES string of the molecule is CC(=O)Nc1ccc(C(=O)COC(=O)c2ccc(NC(=O)Nc3ccccc3)cc2)cc1.